The van der Waals surface area contributed by atoms with Gasteiger partial charge in [0.1, 0.15) is 12.4 Å². The van der Waals surface area contributed by atoms with Crippen LogP contribution >= 0.6 is 0 Å². The predicted molar refractivity (Wildman–Crippen MR) is 109 cm³/mol. The molecule has 28 heavy (non-hydrogen) atoms. The first-order chi connectivity index (χ1) is 13.5. The maximum Gasteiger partial charge on any atom is 0.276 e. The number of hydrogen-bond donors (Lipinski definition) is 1. The van der Waals surface area contributed by atoms with Gasteiger partial charge in [-0.05, 0) is 36.1 Å². The number of ether oxygens (including phenoxy) is 1. The topological polar surface area (TPSA) is 72.3 Å². The van der Waals surface area contributed by atoms with E-state index in [2.05, 4.69) is 41.9 Å². The van der Waals surface area contributed by atoms with Gasteiger partial charge in [-0.3, -0.25) is 4.79 Å². The van der Waals surface area contributed by atoms with Crippen LogP contribution in [-0.2, 0) is 6.61 Å². The minimum absolute atomic E-state index is 0.242. The zero-order chi connectivity index (χ0) is 19.7. The van der Waals surface area contributed by atoms with Crippen LogP contribution in [0.15, 0.2) is 59.4 Å². The number of rotatable bonds is 5. The Balaban J connectivity index is 1.58. The van der Waals surface area contributed by atoms with E-state index in [0.717, 1.165) is 11.3 Å². The fraction of sp³-hybridized carbons (Fsp3) is 0.227. The molecule has 4 rings (SSSR count). The molecule has 0 amide bonds. The van der Waals surface area contributed by atoms with Gasteiger partial charge >= 0.3 is 0 Å². The number of benzene rings is 2. The van der Waals surface area contributed by atoms with Crippen molar-refractivity contribution in [2.45, 2.75) is 33.3 Å². The summed E-state index contributed by atoms with van der Waals surface area (Å²) in [4.78, 5) is 20.0. The van der Waals surface area contributed by atoms with E-state index in [1.807, 2.05) is 42.5 Å². The second-order valence-electron chi connectivity index (χ2n) is 7.13. The maximum absolute atomic E-state index is 12.4. The first-order valence-corrected chi connectivity index (χ1v) is 9.29. The molecule has 0 spiro atoms. The third-order valence-corrected chi connectivity index (χ3v) is 4.68. The molecule has 0 radical (unpaired) electrons. The van der Waals surface area contributed by atoms with E-state index in [1.54, 1.807) is 0 Å². The zero-order valence-electron chi connectivity index (χ0n) is 16.1. The Kier molecular flexibility index (Phi) is 4.69. The molecule has 1 N–H and O–H groups in total. The summed E-state index contributed by atoms with van der Waals surface area (Å²) >= 11 is 0. The van der Waals surface area contributed by atoms with Gasteiger partial charge in [-0.2, -0.15) is 9.50 Å². The summed E-state index contributed by atoms with van der Waals surface area (Å²) in [6.45, 7) is 6.67. The molecule has 0 atom stereocenters. The summed E-state index contributed by atoms with van der Waals surface area (Å²) in [5.41, 5.74) is 3.77. The highest BCUT2D eigenvalue weighted by molar-refractivity contribution is 5.56. The van der Waals surface area contributed by atoms with Crippen molar-refractivity contribution in [3.05, 3.63) is 81.8 Å². The molecule has 0 aliphatic heterocycles. The van der Waals surface area contributed by atoms with Gasteiger partial charge in [-0.15, -0.1) is 5.10 Å². The molecule has 6 nitrogen and oxygen atoms in total. The Labute approximate surface area is 162 Å². The molecule has 2 aromatic carbocycles. The number of aryl methyl sites for hydroxylation is 1. The van der Waals surface area contributed by atoms with E-state index >= 15 is 0 Å². The van der Waals surface area contributed by atoms with Gasteiger partial charge in [0, 0.05) is 11.6 Å². The molecular formula is C22H22N4O2. The van der Waals surface area contributed by atoms with Crippen LogP contribution in [0, 0.1) is 6.92 Å². The van der Waals surface area contributed by atoms with Crippen molar-refractivity contribution in [3.63, 3.8) is 0 Å². The summed E-state index contributed by atoms with van der Waals surface area (Å²) in [5, 5.41) is 4.30. The highest BCUT2D eigenvalue weighted by atomic mass is 16.5. The van der Waals surface area contributed by atoms with Crippen molar-refractivity contribution in [1.29, 1.82) is 0 Å². The molecule has 0 fully saturated rings. The minimum atomic E-state index is -0.242. The van der Waals surface area contributed by atoms with E-state index in [0.29, 0.717) is 23.2 Å². The predicted octanol–water partition coefficient (Wildman–Crippen LogP) is 4.10. The van der Waals surface area contributed by atoms with Crippen LogP contribution in [0.25, 0.3) is 17.2 Å². The fourth-order valence-electron chi connectivity index (χ4n) is 3.27. The van der Waals surface area contributed by atoms with Gasteiger partial charge in [0.2, 0.25) is 5.78 Å². The van der Waals surface area contributed by atoms with Crippen LogP contribution in [0.2, 0.25) is 0 Å². The van der Waals surface area contributed by atoms with Crippen molar-refractivity contribution >= 4 is 5.78 Å². The van der Waals surface area contributed by atoms with Crippen LogP contribution < -0.4 is 10.3 Å². The number of H-pyrrole nitrogens is 1. The molecule has 0 aliphatic carbocycles. The lowest BCUT2D eigenvalue weighted by atomic mass is 9.98. The molecule has 6 heteroatoms. The fourth-order valence-corrected chi connectivity index (χ4v) is 3.27. The minimum Gasteiger partial charge on any atom is -0.487 e. The van der Waals surface area contributed by atoms with E-state index in [-0.39, 0.29) is 12.2 Å². The lowest BCUT2D eigenvalue weighted by Crippen LogP contribution is -2.16. The summed E-state index contributed by atoms with van der Waals surface area (Å²) in [6, 6.07) is 17.1. The Morgan fingerprint density at radius 1 is 1.11 bits per heavy atom. The van der Waals surface area contributed by atoms with Gasteiger partial charge in [0.25, 0.3) is 5.56 Å². The number of fused-ring (bicyclic) bond motifs is 1. The lowest BCUT2D eigenvalue weighted by molar-refractivity contribution is 0.301. The van der Waals surface area contributed by atoms with Crippen molar-refractivity contribution < 1.29 is 4.74 Å². The van der Waals surface area contributed by atoms with Crippen molar-refractivity contribution in [3.8, 4) is 17.1 Å². The Hall–Kier alpha value is -3.41. The number of nitrogens with zero attached hydrogens (tertiary/aromatic N) is 3. The van der Waals surface area contributed by atoms with Crippen molar-refractivity contribution in [2.24, 2.45) is 0 Å². The average Bonchev–Trinajstić information content (AvgIpc) is 3.12. The number of aromatic amines is 1. The molecular weight excluding hydrogens is 352 g/mol. The largest absolute Gasteiger partial charge is 0.487 e. The molecule has 0 saturated heterocycles. The van der Waals surface area contributed by atoms with Crippen LogP contribution in [0.3, 0.4) is 0 Å². The van der Waals surface area contributed by atoms with Crippen LogP contribution in [0.1, 0.15) is 36.6 Å². The van der Waals surface area contributed by atoms with Crippen LogP contribution in [0.4, 0.5) is 0 Å². The van der Waals surface area contributed by atoms with Gasteiger partial charge < -0.3 is 9.72 Å². The van der Waals surface area contributed by atoms with E-state index < -0.39 is 0 Å². The first-order valence-electron chi connectivity index (χ1n) is 9.29. The summed E-state index contributed by atoms with van der Waals surface area (Å²) in [7, 11) is 0. The van der Waals surface area contributed by atoms with Crippen molar-refractivity contribution in [1.82, 2.24) is 19.6 Å². The van der Waals surface area contributed by atoms with E-state index in [4.69, 9.17) is 4.74 Å². The van der Waals surface area contributed by atoms with Crippen LogP contribution in [-0.4, -0.2) is 19.6 Å². The third kappa shape index (κ3) is 3.53. The molecule has 0 aliphatic rings. The molecule has 0 saturated carbocycles. The van der Waals surface area contributed by atoms with Crippen LogP contribution in [0.5, 0.6) is 5.75 Å². The monoisotopic (exact) mass is 374 g/mol. The van der Waals surface area contributed by atoms with Gasteiger partial charge in [-0.1, -0.05) is 50.2 Å². The SMILES string of the molecule is Cc1cc(OCc2cc(=O)n3nc(-c4ccccc4)nc3[nH]2)ccc1C(C)C. The normalized spacial score (nSPS) is 11.3. The van der Waals surface area contributed by atoms with Gasteiger partial charge in [0.15, 0.2) is 5.82 Å². The smallest absolute Gasteiger partial charge is 0.276 e. The quantitative estimate of drug-likeness (QED) is 0.571. The zero-order valence-corrected chi connectivity index (χ0v) is 16.1. The second kappa shape index (κ2) is 7.31. The highest BCUT2D eigenvalue weighted by Crippen LogP contribution is 2.24. The molecule has 0 unspecified atom stereocenters. The standard InChI is InChI=1S/C22H22N4O2/c1-14(2)19-10-9-18(11-15(19)3)28-13-17-12-20(27)26-22(23-17)24-21(25-26)16-7-5-4-6-8-16/h4-12,14H,13H2,1-3H3,(H,23,24,25). The third-order valence-electron chi connectivity index (χ3n) is 4.68. The summed E-state index contributed by atoms with van der Waals surface area (Å²) < 4.78 is 7.15. The van der Waals surface area contributed by atoms with Gasteiger partial charge in [0.05, 0.1) is 5.69 Å². The number of aromatic nitrogens is 4. The highest BCUT2D eigenvalue weighted by Gasteiger charge is 2.11. The van der Waals surface area contributed by atoms with Gasteiger partial charge in [-0.25, -0.2) is 0 Å². The first kappa shape index (κ1) is 18.0. The second-order valence-corrected chi connectivity index (χ2v) is 7.13. The molecule has 2 heterocycles. The number of nitrogens with one attached hydrogen (secondary N) is 1. The Bertz CT molecular complexity index is 1180. The summed E-state index contributed by atoms with van der Waals surface area (Å²) in [5.74, 6) is 2.15. The Morgan fingerprint density at radius 3 is 2.61 bits per heavy atom. The lowest BCUT2D eigenvalue weighted by Gasteiger charge is -2.12. The van der Waals surface area contributed by atoms with E-state index in [9.17, 15) is 4.79 Å². The van der Waals surface area contributed by atoms with Crippen molar-refractivity contribution in [2.75, 3.05) is 0 Å². The number of hydrogen-bond acceptors (Lipinski definition) is 4. The summed E-state index contributed by atoms with van der Waals surface area (Å²) in [6.07, 6.45) is 0. The molecule has 4 aromatic rings. The van der Waals surface area contributed by atoms with E-state index in [1.165, 1.54) is 21.7 Å². The molecule has 0 bridgehead atoms. The molecule has 2 aromatic heterocycles. The Morgan fingerprint density at radius 2 is 1.89 bits per heavy atom. The average molecular weight is 374 g/mol. The molecule has 142 valence electrons. The maximum atomic E-state index is 12.4.